The molecule has 0 saturated heterocycles. The van der Waals surface area contributed by atoms with Crippen LogP contribution in [0.15, 0.2) is 71.6 Å². The summed E-state index contributed by atoms with van der Waals surface area (Å²) in [6.45, 7) is 5.78. The molecule has 6 heteroatoms. The fourth-order valence-electron chi connectivity index (χ4n) is 4.88. The Bertz CT molecular complexity index is 1230. The lowest BCUT2D eigenvalue weighted by molar-refractivity contribution is 0.304. The first-order chi connectivity index (χ1) is 19.4. The molecular weight excluding hydrogens is 520 g/mol. The van der Waals surface area contributed by atoms with Gasteiger partial charge in [-0.2, -0.15) is 8.42 Å². The zero-order valence-electron chi connectivity index (χ0n) is 24.2. The number of hydrogen-bond acceptors (Lipinski definition) is 4. The number of ether oxygens (including phenoxy) is 2. The smallest absolute Gasteiger partial charge is 0.295 e. The molecule has 5 nitrogen and oxygen atoms in total. The average molecular weight is 567 g/mol. The molecule has 0 aliphatic rings. The summed E-state index contributed by atoms with van der Waals surface area (Å²) in [5, 5.41) is 0. The van der Waals surface area contributed by atoms with Gasteiger partial charge in [0.1, 0.15) is 16.4 Å². The maximum absolute atomic E-state index is 12.3. The largest absolute Gasteiger partial charge is 0.494 e. The van der Waals surface area contributed by atoms with Gasteiger partial charge in [0.25, 0.3) is 10.1 Å². The summed E-state index contributed by atoms with van der Waals surface area (Å²) in [6.07, 6.45) is 14.5. The van der Waals surface area contributed by atoms with Gasteiger partial charge in [0.2, 0.25) is 0 Å². The Labute approximate surface area is 241 Å². The van der Waals surface area contributed by atoms with Crippen LogP contribution in [0, 0.1) is 0 Å². The molecule has 0 spiro atoms. The van der Waals surface area contributed by atoms with Crippen molar-refractivity contribution in [3.05, 3.63) is 66.7 Å². The molecule has 218 valence electrons. The van der Waals surface area contributed by atoms with Crippen LogP contribution in [0.4, 0.5) is 0 Å². The monoisotopic (exact) mass is 566 g/mol. The van der Waals surface area contributed by atoms with Crippen molar-refractivity contribution < 1.29 is 22.4 Å². The molecule has 3 rings (SSSR count). The molecule has 0 fully saturated rings. The Morgan fingerprint density at radius 1 is 0.575 bits per heavy atom. The Morgan fingerprint density at radius 2 is 1.02 bits per heavy atom. The Balaban J connectivity index is 1.70. The van der Waals surface area contributed by atoms with E-state index in [9.17, 15) is 13.0 Å². The van der Waals surface area contributed by atoms with Crippen LogP contribution in [-0.4, -0.2) is 26.2 Å². The van der Waals surface area contributed by atoms with Gasteiger partial charge in [-0.3, -0.25) is 4.55 Å². The highest BCUT2D eigenvalue weighted by atomic mass is 32.2. The molecule has 0 atom stereocenters. The van der Waals surface area contributed by atoms with Crippen LogP contribution in [0.3, 0.4) is 0 Å². The van der Waals surface area contributed by atoms with Gasteiger partial charge in [-0.15, -0.1) is 0 Å². The van der Waals surface area contributed by atoms with E-state index in [1.54, 1.807) is 6.07 Å². The second-order valence-electron chi connectivity index (χ2n) is 10.4. The first kappa shape index (κ1) is 31.7. The highest BCUT2D eigenvalue weighted by Gasteiger charge is 2.20. The third-order valence-corrected chi connectivity index (χ3v) is 8.04. The molecule has 0 aliphatic heterocycles. The van der Waals surface area contributed by atoms with Crippen molar-refractivity contribution in [2.24, 2.45) is 0 Å². The number of unbranched alkanes of at least 4 members (excludes halogenated alkanes) is 10. The zero-order valence-corrected chi connectivity index (χ0v) is 25.1. The molecule has 0 amide bonds. The van der Waals surface area contributed by atoms with E-state index in [0.717, 1.165) is 41.9 Å². The van der Waals surface area contributed by atoms with E-state index in [2.05, 4.69) is 13.8 Å². The summed E-state index contributed by atoms with van der Waals surface area (Å²) in [7, 11) is -4.44. The highest BCUT2D eigenvalue weighted by Crippen LogP contribution is 2.38. The fourth-order valence-corrected chi connectivity index (χ4v) is 5.61. The minimum absolute atomic E-state index is 0.117. The number of hydrogen-bond donors (Lipinski definition) is 1. The lowest BCUT2D eigenvalue weighted by Gasteiger charge is -2.15. The molecule has 0 aromatic heterocycles. The van der Waals surface area contributed by atoms with Crippen molar-refractivity contribution in [1.82, 2.24) is 0 Å². The summed E-state index contributed by atoms with van der Waals surface area (Å²) in [5.74, 6) is 1.53. The van der Waals surface area contributed by atoms with Crippen LogP contribution in [-0.2, 0) is 10.1 Å². The average Bonchev–Trinajstić information content (AvgIpc) is 2.96. The topological polar surface area (TPSA) is 72.8 Å². The molecule has 3 aromatic carbocycles. The molecule has 0 unspecified atom stereocenters. The fraction of sp³-hybridized carbons (Fsp3) is 0.471. The minimum Gasteiger partial charge on any atom is -0.494 e. The van der Waals surface area contributed by atoms with Gasteiger partial charge in [-0.1, -0.05) is 114 Å². The summed E-state index contributed by atoms with van der Waals surface area (Å²) < 4.78 is 46.6. The van der Waals surface area contributed by atoms with Gasteiger partial charge < -0.3 is 9.47 Å². The standard InChI is InChI=1S/C34H46O5S/c1-3-5-7-9-11-13-26-38-30-22-18-28(19-23-30)32-16-15-17-33(40(35,36)37)34(32)29-20-24-31(25-21-29)39-27-14-12-10-8-6-4-2/h15-25H,3-14,26-27H2,1-2H3,(H,35,36,37). The Morgan fingerprint density at radius 3 is 1.50 bits per heavy atom. The molecule has 0 aliphatic carbocycles. The van der Waals surface area contributed by atoms with E-state index >= 15 is 0 Å². The van der Waals surface area contributed by atoms with E-state index in [1.165, 1.54) is 63.9 Å². The summed E-state index contributed by atoms with van der Waals surface area (Å²) in [6, 6.07) is 20.1. The summed E-state index contributed by atoms with van der Waals surface area (Å²) in [4.78, 5) is -0.117. The van der Waals surface area contributed by atoms with E-state index in [4.69, 9.17) is 9.47 Å². The van der Waals surface area contributed by atoms with Crippen LogP contribution in [0.2, 0.25) is 0 Å². The molecule has 0 heterocycles. The van der Waals surface area contributed by atoms with E-state index in [-0.39, 0.29) is 4.90 Å². The predicted octanol–water partition coefficient (Wildman–Crippen LogP) is 9.75. The van der Waals surface area contributed by atoms with Crippen LogP contribution in [0.1, 0.15) is 90.9 Å². The Kier molecular flexibility index (Phi) is 13.5. The predicted molar refractivity (Wildman–Crippen MR) is 165 cm³/mol. The maximum atomic E-state index is 12.3. The van der Waals surface area contributed by atoms with Gasteiger partial charge in [-0.25, -0.2) is 0 Å². The molecule has 3 aromatic rings. The SMILES string of the molecule is CCCCCCCCOc1ccc(-c2cccc(S(=O)(=O)O)c2-c2ccc(OCCCCCCCC)cc2)cc1. The Hall–Kier alpha value is -2.83. The molecule has 0 radical (unpaired) electrons. The van der Waals surface area contributed by atoms with E-state index in [0.29, 0.717) is 24.3 Å². The molecule has 0 saturated carbocycles. The molecule has 40 heavy (non-hydrogen) atoms. The minimum atomic E-state index is -4.44. The third-order valence-electron chi connectivity index (χ3n) is 7.15. The lowest BCUT2D eigenvalue weighted by atomic mass is 9.94. The van der Waals surface area contributed by atoms with Gasteiger partial charge in [0.05, 0.1) is 13.2 Å². The number of benzene rings is 3. The van der Waals surface area contributed by atoms with E-state index < -0.39 is 10.1 Å². The van der Waals surface area contributed by atoms with Crippen molar-refractivity contribution in [2.45, 2.75) is 95.8 Å². The van der Waals surface area contributed by atoms with Crippen molar-refractivity contribution in [3.8, 4) is 33.8 Å². The van der Waals surface area contributed by atoms with Crippen LogP contribution in [0.25, 0.3) is 22.3 Å². The molecular formula is C34H46O5S. The summed E-state index contributed by atoms with van der Waals surface area (Å²) in [5.41, 5.74) is 2.72. The van der Waals surface area contributed by atoms with Crippen molar-refractivity contribution >= 4 is 10.1 Å². The third kappa shape index (κ3) is 10.3. The zero-order chi connectivity index (χ0) is 28.6. The second-order valence-corrected chi connectivity index (χ2v) is 11.8. The first-order valence-electron chi connectivity index (χ1n) is 15.0. The van der Waals surface area contributed by atoms with Crippen LogP contribution < -0.4 is 9.47 Å². The lowest BCUT2D eigenvalue weighted by Crippen LogP contribution is -2.02. The van der Waals surface area contributed by atoms with E-state index in [1.807, 2.05) is 54.6 Å². The van der Waals surface area contributed by atoms with Gasteiger partial charge in [0, 0.05) is 5.56 Å². The molecule has 0 bridgehead atoms. The maximum Gasteiger partial charge on any atom is 0.295 e. The molecule has 1 N–H and O–H groups in total. The van der Waals surface area contributed by atoms with Crippen LogP contribution >= 0.6 is 0 Å². The normalized spacial score (nSPS) is 11.5. The van der Waals surface area contributed by atoms with Crippen molar-refractivity contribution in [3.63, 3.8) is 0 Å². The van der Waals surface area contributed by atoms with Crippen molar-refractivity contribution in [1.29, 1.82) is 0 Å². The second kappa shape index (κ2) is 17.1. The van der Waals surface area contributed by atoms with Gasteiger partial charge in [-0.05, 0) is 59.9 Å². The quantitative estimate of drug-likeness (QED) is 0.115. The summed E-state index contributed by atoms with van der Waals surface area (Å²) >= 11 is 0. The van der Waals surface area contributed by atoms with Crippen LogP contribution in [0.5, 0.6) is 11.5 Å². The first-order valence-corrected chi connectivity index (χ1v) is 16.4. The van der Waals surface area contributed by atoms with Gasteiger partial charge in [0.15, 0.2) is 0 Å². The van der Waals surface area contributed by atoms with Crippen molar-refractivity contribution in [2.75, 3.05) is 13.2 Å². The highest BCUT2D eigenvalue weighted by molar-refractivity contribution is 7.86. The van der Waals surface area contributed by atoms with Gasteiger partial charge >= 0.3 is 0 Å². The number of rotatable bonds is 19.